The Morgan fingerprint density at radius 3 is 2.36 bits per heavy atom. The second-order valence-electron chi connectivity index (χ2n) is 7.73. The van der Waals surface area contributed by atoms with Crippen molar-refractivity contribution in [2.24, 2.45) is 11.8 Å². The lowest BCUT2D eigenvalue weighted by Crippen LogP contribution is -2.54. The molecule has 0 saturated carbocycles. The minimum Gasteiger partial charge on any atom is -0.445 e. The average molecular weight is 380 g/mol. The van der Waals surface area contributed by atoms with Crippen molar-refractivity contribution < 1.29 is 14.3 Å². The van der Waals surface area contributed by atoms with Crippen LogP contribution in [0.4, 0.5) is 10.5 Å². The van der Waals surface area contributed by atoms with E-state index in [1.807, 2.05) is 59.5 Å². The Morgan fingerprint density at radius 1 is 1.07 bits per heavy atom. The zero-order valence-corrected chi connectivity index (χ0v) is 16.9. The number of ether oxygens (including phenoxy) is 1. The van der Waals surface area contributed by atoms with Gasteiger partial charge in [0.25, 0.3) is 0 Å². The third kappa shape index (κ3) is 4.03. The van der Waals surface area contributed by atoms with E-state index in [0.717, 1.165) is 16.8 Å². The van der Waals surface area contributed by atoms with Crippen LogP contribution in [-0.2, 0) is 16.1 Å². The normalized spacial score (nSPS) is 21.2. The lowest BCUT2D eigenvalue weighted by Gasteiger charge is -2.46. The first-order valence-corrected chi connectivity index (χ1v) is 9.76. The Morgan fingerprint density at radius 2 is 1.71 bits per heavy atom. The highest BCUT2D eigenvalue weighted by molar-refractivity contribution is 5.94. The maximum absolute atomic E-state index is 12.5. The molecule has 2 aromatic carbocycles. The fourth-order valence-corrected chi connectivity index (χ4v) is 4.23. The van der Waals surface area contributed by atoms with Gasteiger partial charge in [-0.2, -0.15) is 0 Å². The topological polar surface area (TPSA) is 58.6 Å². The van der Waals surface area contributed by atoms with Gasteiger partial charge in [-0.15, -0.1) is 0 Å². The molecule has 1 aliphatic heterocycles. The van der Waals surface area contributed by atoms with E-state index in [1.54, 1.807) is 6.92 Å². The summed E-state index contributed by atoms with van der Waals surface area (Å²) in [5.41, 5.74) is 2.75. The van der Waals surface area contributed by atoms with E-state index in [4.69, 9.17) is 4.74 Å². The number of nitrogens with one attached hydrogen (secondary N) is 1. The van der Waals surface area contributed by atoms with E-state index in [-0.39, 0.29) is 36.4 Å². The van der Waals surface area contributed by atoms with Crippen LogP contribution in [0, 0.1) is 11.8 Å². The fourth-order valence-electron chi connectivity index (χ4n) is 4.23. The molecule has 0 aromatic heterocycles. The summed E-state index contributed by atoms with van der Waals surface area (Å²) in [7, 11) is 0. The largest absolute Gasteiger partial charge is 0.445 e. The molecule has 0 saturated heterocycles. The van der Waals surface area contributed by atoms with Crippen LogP contribution in [0.25, 0.3) is 0 Å². The van der Waals surface area contributed by atoms with Crippen molar-refractivity contribution in [1.82, 2.24) is 5.32 Å². The quantitative estimate of drug-likeness (QED) is 0.838. The molecule has 2 unspecified atom stereocenters. The number of carbonyl (C=O) groups is 2. The molecule has 28 heavy (non-hydrogen) atoms. The number of nitrogens with zero attached hydrogens (tertiary/aromatic N) is 1. The Balaban J connectivity index is 1.83. The molecule has 2 aromatic rings. The summed E-state index contributed by atoms with van der Waals surface area (Å²) in [6.07, 6.45) is -0.450. The standard InChI is InChI=1S/C23H28N2O3/c1-15(2)22-16(3)21(19-12-8-9-13-20(19)25(22)17(4)26)24-23(27)28-14-18-10-6-5-7-11-18/h5-13,15-16,21-22H,14H2,1-4H3,(H,24,27)/t16-,21?,22?/m1/s1. The van der Waals surface area contributed by atoms with Gasteiger partial charge in [0.1, 0.15) is 6.61 Å². The number of carbonyl (C=O) groups excluding carboxylic acids is 2. The summed E-state index contributed by atoms with van der Waals surface area (Å²) in [6, 6.07) is 17.2. The third-order valence-electron chi connectivity index (χ3n) is 5.40. The molecule has 1 aliphatic rings. The van der Waals surface area contributed by atoms with E-state index < -0.39 is 6.09 Å². The Bertz CT molecular complexity index is 835. The smallest absolute Gasteiger partial charge is 0.407 e. The molecule has 0 radical (unpaired) electrons. The predicted molar refractivity (Wildman–Crippen MR) is 110 cm³/mol. The minimum absolute atomic E-state index is 0.00757. The lowest BCUT2D eigenvalue weighted by molar-refractivity contribution is -0.117. The number of fused-ring (bicyclic) bond motifs is 1. The summed E-state index contributed by atoms with van der Waals surface area (Å²) >= 11 is 0. The summed E-state index contributed by atoms with van der Waals surface area (Å²) in [4.78, 5) is 26.8. The van der Waals surface area contributed by atoms with Gasteiger partial charge >= 0.3 is 6.09 Å². The SMILES string of the molecule is CC(=O)N1c2ccccc2C(NC(=O)OCc2ccccc2)[C@@H](C)C1C(C)C. The molecule has 0 bridgehead atoms. The number of alkyl carbamates (subject to hydrolysis) is 1. The van der Waals surface area contributed by atoms with Crippen LogP contribution in [0.3, 0.4) is 0 Å². The van der Waals surface area contributed by atoms with E-state index in [9.17, 15) is 9.59 Å². The van der Waals surface area contributed by atoms with Crippen molar-refractivity contribution >= 4 is 17.7 Å². The van der Waals surface area contributed by atoms with E-state index >= 15 is 0 Å². The maximum atomic E-state index is 12.5. The number of anilines is 1. The number of benzene rings is 2. The van der Waals surface area contributed by atoms with E-state index in [1.165, 1.54) is 0 Å². The number of amides is 2. The second kappa shape index (κ2) is 8.46. The maximum Gasteiger partial charge on any atom is 0.407 e. The molecular weight excluding hydrogens is 352 g/mol. The van der Waals surface area contributed by atoms with Crippen LogP contribution in [0.5, 0.6) is 0 Å². The number of rotatable bonds is 4. The van der Waals surface area contributed by atoms with Gasteiger partial charge in [-0.25, -0.2) is 4.79 Å². The van der Waals surface area contributed by atoms with Gasteiger partial charge in [0.2, 0.25) is 5.91 Å². The van der Waals surface area contributed by atoms with Gasteiger partial charge < -0.3 is 15.0 Å². The van der Waals surface area contributed by atoms with Gasteiger partial charge in [0.05, 0.1) is 6.04 Å². The first-order valence-electron chi connectivity index (χ1n) is 9.76. The Labute approximate surface area is 166 Å². The molecule has 3 atom stereocenters. The van der Waals surface area contributed by atoms with Crippen LogP contribution >= 0.6 is 0 Å². The zero-order valence-electron chi connectivity index (χ0n) is 16.9. The number of hydrogen-bond donors (Lipinski definition) is 1. The molecule has 1 heterocycles. The summed E-state index contributed by atoms with van der Waals surface area (Å²) in [6.45, 7) is 8.12. The lowest BCUT2D eigenvalue weighted by atomic mass is 9.77. The van der Waals surface area contributed by atoms with Gasteiger partial charge in [-0.3, -0.25) is 4.79 Å². The molecule has 5 heteroatoms. The second-order valence-corrected chi connectivity index (χ2v) is 7.73. The zero-order chi connectivity index (χ0) is 20.3. The summed E-state index contributed by atoms with van der Waals surface area (Å²) in [5, 5.41) is 3.04. The van der Waals surface area contributed by atoms with Gasteiger partial charge in [-0.05, 0) is 23.1 Å². The summed E-state index contributed by atoms with van der Waals surface area (Å²) in [5.74, 6) is 0.308. The predicted octanol–water partition coefficient (Wildman–Crippen LogP) is 4.68. The highest BCUT2D eigenvalue weighted by Crippen LogP contribution is 2.43. The van der Waals surface area contributed by atoms with E-state index in [2.05, 4.69) is 26.1 Å². The Kier molecular flexibility index (Phi) is 6.02. The number of hydrogen-bond acceptors (Lipinski definition) is 3. The van der Waals surface area contributed by atoms with Crippen LogP contribution < -0.4 is 10.2 Å². The van der Waals surface area contributed by atoms with E-state index in [0.29, 0.717) is 0 Å². The molecule has 0 spiro atoms. The van der Waals surface area contributed by atoms with Crippen molar-refractivity contribution in [2.75, 3.05) is 4.90 Å². The first kappa shape index (κ1) is 19.9. The molecule has 1 N–H and O–H groups in total. The number of para-hydroxylation sites is 1. The van der Waals surface area contributed by atoms with Gasteiger partial charge in [0.15, 0.2) is 0 Å². The highest BCUT2D eigenvalue weighted by Gasteiger charge is 2.42. The fraction of sp³-hybridized carbons (Fsp3) is 0.391. The molecular formula is C23H28N2O3. The molecule has 3 rings (SSSR count). The van der Waals surface area contributed by atoms with Crippen molar-refractivity contribution in [3.63, 3.8) is 0 Å². The molecule has 148 valence electrons. The minimum atomic E-state index is -0.450. The van der Waals surface area contributed by atoms with Gasteiger partial charge in [-0.1, -0.05) is 69.3 Å². The van der Waals surface area contributed by atoms with Crippen molar-refractivity contribution in [1.29, 1.82) is 0 Å². The Hall–Kier alpha value is -2.82. The molecule has 5 nitrogen and oxygen atoms in total. The van der Waals surface area contributed by atoms with Crippen LogP contribution in [0.1, 0.15) is 44.9 Å². The van der Waals surface area contributed by atoms with Crippen LogP contribution in [0.15, 0.2) is 54.6 Å². The highest BCUT2D eigenvalue weighted by atomic mass is 16.5. The molecule has 0 aliphatic carbocycles. The van der Waals surface area contributed by atoms with Crippen molar-refractivity contribution in [2.45, 2.75) is 46.4 Å². The third-order valence-corrected chi connectivity index (χ3v) is 5.40. The van der Waals surface area contributed by atoms with Crippen LogP contribution in [0.2, 0.25) is 0 Å². The van der Waals surface area contributed by atoms with Crippen molar-refractivity contribution in [3.8, 4) is 0 Å². The monoisotopic (exact) mass is 380 g/mol. The molecule has 0 fully saturated rings. The van der Waals surface area contributed by atoms with Gasteiger partial charge in [0, 0.05) is 24.6 Å². The van der Waals surface area contributed by atoms with Crippen LogP contribution in [-0.4, -0.2) is 18.0 Å². The molecule has 2 amide bonds. The van der Waals surface area contributed by atoms with Crippen molar-refractivity contribution in [3.05, 3.63) is 65.7 Å². The summed E-state index contributed by atoms with van der Waals surface area (Å²) < 4.78 is 5.43. The average Bonchev–Trinajstić information content (AvgIpc) is 2.68. The first-order chi connectivity index (χ1) is 13.4.